The molecule has 0 saturated carbocycles. The highest BCUT2D eigenvalue weighted by atomic mass is 16.7. The fraction of sp³-hybridized carbons (Fsp3) is 0.348. The van der Waals surface area contributed by atoms with Gasteiger partial charge < -0.3 is 23.8 Å². The van der Waals surface area contributed by atoms with Gasteiger partial charge in [0.2, 0.25) is 12.7 Å². The van der Waals surface area contributed by atoms with Crippen LogP contribution in [0.1, 0.15) is 11.1 Å². The Morgan fingerprint density at radius 3 is 2.60 bits per heavy atom. The van der Waals surface area contributed by atoms with Crippen molar-refractivity contribution in [3.63, 3.8) is 0 Å². The Hall–Kier alpha value is -3.19. The van der Waals surface area contributed by atoms with E-state index < -0.39 is 0 Å². The zero-order valence-electron chi connectivity index (χ0n) is 17.3. The first kappa shape index (κ1) is 20.1. The van der Waals surface area contributed by atoms with Crippen LogP contribution in [-0.2, 0) is 11.3 Å². The summed E-state index contributed by atoms with van der Waals surface area (Å²) < 4.78 is 21.5. The highest BCUT2D eigenvalue weighted by molar-refractivity contribution is 5.92. The van der Waals surface area contributed by atoms with Crippen LogP contribution in [0.4, 0.5) is 0 Å². The number of para-hydroxylation sites is 1. The fourth-order valence-corrected chi connectivity index (χ4v) is 3.73. The minimum Gasteiger partial charge on any atom is -0.493 e. The zero-order chi connectivity index (χ0) is 20.9. The van der Waals surface area contributed by atoms with Crippen molar-refractivity contribution < 1.29 is 23.7 Å². The highest BCUT2D eigenvalue weighted by Crippen LogP contribution is 2.33. The first-order chi connectivity index (χ1) is 14.7. The molecule has 7 nitrogen and oxygen atoms in total. The van der Waals surface area contributed by atoms with E-state index >= 15 is 0 Å². The maximum atomic E-state index is 12.6. The van der Waals surface area contributed by atoms with Crippen molar-refractivity contribution in [3.8, 4) is 23.0 Å². The lowest BCUT2D eigenvalue weighted by atomic mass is 10.1. The number of carbonyl (C=O) groups excluding carboxylic acids is 1. The Kier molecular flexibility index (Phi) is 6.09. The van der Waals surface area contributed by atoms with Crippen LogP contribution in [0.5, 0.6) is 23.0 Å². The topological polar surface area (TPSA) is 60.5 Å². The Balaban J connectivity index is 1.32. The monoisotopic (exact) mass is 410 g/mol. The van der Waals surface area contributed by atoms with Gasteiger partial charge in [0.25, 0.3) is 0 Å². The average molecular weight is 410 g/mol. The van der Waals surface area contributed by atoms with Gasteiger partial charge in [0.1, 0.15) is 0 Å². The van der Waals surface area contributed by atoms with Gasteiger partial charge in [-0.2, -0.15) is 0 Å². The number of amides is 1. The minimum atomic E-state index is 0.00241. The molecule has 2 aromatic rings. The number of piperazine rings is 1. The predicted molar refractivity (Wildman–Crippen MR) is 113 cm³/mol. The summed E-state index contributed by atoms with van der Waals surface area (Å²) in [7, 11) is 3.19. The summed E-state index contributed by atoms with van der Waals surface area (Å²) >= 11 is 0. The number of ether oxygens (including phenoxy) is 4. The standard InChI is InChI=1S/C23H26N2O5/c1-27-20-5-3-4-18(23(20)28-2)7-9-22(26)25-12-10-24(11-13-25)15-17-6-8-19-21(14-17)30-16-29-19/h3-9,14H,10-13,15-16H2,1-2H3/b9-7+. The van der Waals surface area contributed by atoms with Crippen molar-refractivity contribution in [3.05, 3.63) is 53.6 Å². The average Bonchev–Trinajstić information content (AvgIpc) is 3.25. The Morgan fingerprint density at radius 2 is 1.83 bits per heavy atom. The van der Waals surface area contributed by atoms with Crippen molar-refractivity contribution in [1.29, 1.82) is 0 Å². The number of benzene rings is 2. The minimum absolute atomic E-state index is 0.00241. The van der Waals surface area contributed by atoms with Gasteiger partial charge >= 0.3 is 0 Å². The van der Waals surface area contributed by atoms with E-state index in [4.69, 9.17) is 18.9 Å². The van der Waals surface area contributed by atoms with E-state index in [1.165, 1.54) is 5.56 Å². The molecule has 1 fully saturated rings. The third kappa shape index (κ3) is 4.36. The molecule has 0 atom stereocenters. The fourth-order valence-electron chi connectivity index (χ4n) is 3.73. The molecule has 0 N–H and O–H groups in total. The van der Waals surface area contributed by atoms with Crippen molar-refractivity contribution in [2.75, 3.05) is 47.2 Å². The summed E-state index contributed by atoms with van der Waals surface area (Å²) in [6, 6.07) is 11.7. The molecule has 158 valence electrons. The second-order valence-corrected chi connectivity index (χ2v) is 7.21. The third-order valence-corrected chi connectivity index (χ3v) is 5.37. The molecule has 30 heavy (non-hydrogen) atoms. The summed E-state index contributed by atoms with van der Waals surface area (Å²) in [5.74, 6) is 2.87. The highest BCUT2D eigenvalue weighted by Gasteiger charge is 2.21. The number of nitrogens with zero attached hydrogens (tertiary/aromatic N) is 2. The van der Waals surface area contributed by atoms with Crippen molar-refractivity contribution >= 4 is 12.0 Å². The van der Waals surface area contributed by atoms with Gasteiger partial charge in [-0.25, -0.2) is 0 Å². The number of hydrogen-bond acceptors (Lipinski definition) is 6. The lowest BCUT2D eigenvalue weighted by Crippen LogP contribution is -2.47. The lowest BCUT2D eigenvalue weighted by molar-refractivity contribution is -0.127. The molecule has 0 spiro atoms. The molecule has 1 amide bonds. The Bertz CT molecular complexity index is 935. The van der Waals surface area contributed by atoms with Crippen molar-refractivity contribution in [2.24, 2.45) is 0 Å². The molecule has 2 aliphatic heterocycles. The van der Waals surface area contributed by atoms with Crippen LogP contribution in [0.25, 0.3) is 6.08 Å². The molecule has 2 aliphatic rings. The summed E-state index contributed by atoms with van der Waals surface area (Å²) in [6.07, 6.45) is 3.38. The molecule has 0 aliphatic carbocycles. The summed E-state index contributed by atoms with van der Waals surface area (Å²) in [4.78, 5) is 16.9. The molecule has 7 heteroatoms. The third-order valence-electron chi connectivity index (χ3n) is 5.37. The van der Waals surface area contributed by atoms with Crippen LogP contribution in [0, 0.1) is 0 Å². The largest absolute Gasteiger partial charge is 0.493 e. The van der Waals surface area contributed by atoms with Crippen molar-refractivity contribution in [2.45, 2.75) is 6.54 Å². The molecular weight excluding hydrogens is 384 g/mol. The molecular formula is C23H26N2O5. The maximum absolute atomic E-state index is 12.6. The number of carbonyl (C=O) groups is 1. The number of fused-ring (bicyclic) bond motifs is 1. The lowest BCUT2D eigenvalue weighted by Gasteiger charge is -2.34. The van der Waals surface area contributed by atoms with Crippen LogP contribution in [-0.4, -0.2) is 62.9 Å². The SMILES string of the molecule is COc1cccc(/C=C/C(=O)N2CCN(Cc3ccc4c(c3)OCO4)CC2)c1OC. The van der Waals surface area contributed by atoms with E-state index in [9.17, 15) is 4.79 Å². The summed E-state index contributed by atoms with van der Waals surface area (Å²) in [5, 5.41) is 0. The maximum Gasteiger partial charge on any atom is 0.246 e. The van der Waals surface area contributed by atoms with Gasteiger partial charge in [-0.05, 0) is 29.8 Å². The van der Waals surface area contributed by atoms with Gasteiger partial charge in [0.05, 0.1) is 14.2 Å². The van der Waals surface area contributed by atoms with Crippen LogP contribution >= 0.6 is 0 Å². The molecule has 2 aromatic carbocycles. The smallest absolute Gasteiger partial charge is 0.246 e. The quantitative estimate of drug-likeness (QED) is 0.683. The van der Waals surface area contributed by atoms with Crippen molar-refractivity contribution in [1.82, 2.24) is 9.80 Å². The molecule has 4 rings (SSSR count). The Labute approximate surface area is 176 Å². The molecule has 2 heterocycles. The first-order valence-electron chi connectivity index (χ1n) is 9.97. The van der Waals surface area contributed by atoms with E-state index in [1.807, 2.05) is 35.2 Å². The normalized spacial score (nSPS) is 16.1. The van der Waals surface area contributed by atoms with E-state index in [0.717, 1.165) is 36.7 Å². The Morgan fingerprint density at radius 1 is 1.03 bits per heavy atom. The summed E-state index contributed by atoms with van der Waals surface area (Å²) in [6.45, 7) is 4.17. The van der Waals surface area contributed by atoms with E-state index in [0.29, 0.717) is 24.6 Å². The van der Waals surface area contributed by atoms with Crippen LogP contribution < -0.4 is 18.9 Å². The zero-order valence-corrected chi connectivity index (χ0v) is 17.3. The second kappa shape index (κ2) is 9.09. The van der Waals surface area contributed by atoms with Gasteiger partial charge in [-0.3, -0.25) is 9.69 Å². The van der Waals surface area contributed by atoms with Gasteiger partial charge in [-0.15, -0.1) is 0 Å². The van der Waals surface area contributed by atoms with Gasteiger partial charge in [0.15, 0.2) is 23.0 Å². The van der Waals surface area contributed by atoms with Crippen LogP contribution in [0.2, 0.25) is 0 Å². The predicted octanol–water partition coefficient (Wildman–Crippen LogP) is 2.79. The van der Waals surface area contributed by atoms with E-state index in [-0.39, 0.29) is 12.7 Å². The molecule has 0 unspecified atom stereocenters. The molecule has 0 aromatic heterocycles. The second-order valence-electron chi connectivity index (χ2n) is 7.21. The van der Waals surface area contributed by atoms with E-state index in [2.05, 4.69) is 11.0 Å². The van der Waals surface area contributed by atoms with Crippen LogP contribution in [0.15, 0.2) is 42.5 Å². The summed E-state index contributed by atoms with van der Waals surface area (Å²) in [5.41, 5.74) is 2.00. The number of rotatable bonds is 6. The van der Waals surface area contributed by atoms with Gasteiger partial charge in [0, 0.05) is 44.4 Å². The molecule has 0 radical (unpaired) electrons. The van der Waals surface area contributed by atoms with Crippen LogP contribution in [0.3, 0.4) is 0 Å². The molecule has 0 bridgehead atoms. The van der Waals surface area contributed by atoms with E-state index in [1.54, 1.807) is 26.4 Å². The number of methoxy groups -OCH3 is 2. The molecule has 1 saturated heterocycles. The number of hydrogen-bond donors (Lipinski definition) is 0. The van der Waals surface area contributed by atoms with Gasteiger partial charge in [-0.1, -0.05) is 18.2 Å². The first-order valence-corrected chi connectivity index (χ1v) is 9.97.